The standard InChI is InChI=1S/C16H21FN4O.ClH/c1-20-8-7-19-16(20)15-12-18-6-9-21(15)10-11-22-14-4-2-13(17)3-5-14;/h2-5,7-8,15,18H,6,9-12H2,1H3;1H. The highest BCUT2D eigenvalue weighted by Gasteiger charge is 2.26. The van der Waals surface area contributed by atoms with Gasteiger partial charge in [-0.15, -0.1) is 12.4 Å². The SMILES string of the molecule is Cl.Cn1ccnc1C1CNCCN1CCOc1ccc(F)cc1. The lowest BCUT2D eigenvalue weighted by Crippen LogP contribution is -2.48. The van der Waals surface area contributed by atoms with Gasteiger partial charge in [0.15, 0.2) is 0 Å². The Kier molecular flexibility index (Phi) is 6.38. The van der Waals surface area contributed by atoms with E-state index in [9.17, 15) is 4.39 Å². The molecule has 0 bridgehead atoms. The molecule has 1 aromatic carbocycles. The second kappa shape index (κ2) is 8.29. The van der Waals surface area contributed by atoms with Crippen molar-refractivity contribution < 1.29 is 9.13 Å². The van der Waals surface area contributed by atoms with Crippen molar-refractivity contribution in [3.05, 3.63) is 48.3 Å². The molecule has 0 aliphatic carbocycles. The molecule has 0 saturated carbocycles. The van der Waals surface area contributed by atoms with Gasteiger partial charge in [-0.1, -0.05) is 0 Å². The van der Waals surface area contributed by atoms with Gasteiger partial charge in [0.25, 0.3) is 0 Å². The Hall–Kier alpha value is -1.63. The quantitative estimate of drug-likeness (QED) is 0.904. The van der Waals surface area contributed by atoms with Crippen LogP contribution in [0.2, 0.25) is 0 Å². The summed E-state index contributed by atoms with van der Waals surface area (Å²) >= 11 is 0. The van der Waals surface area contributed by atoms with E-state index in [1.54, 1.807) is 12.1 Å². The van der Waals surface area contributed by atoms with Crippen molar-refractivity contribution in [3.8, 4) is 5.75 Å². The predicted octanol–water partition coefficient (Wildman–Crippen LogP) is 2.01. The van der Waals surface area contributed by atoms with Gasteiger partial charge in [0.05, 0.1) is 6.04 Å². The van der Waals surface area contributed by atoms with Crippen molar-refractivity contribution in [2.24, 2.45) is 7.05 Å². The van der Waals surface area contributed by atoms with Crippen LogP contribution in [0.25, 0.3) is 0 Å². The predicted molar refractivity (Wildman–Crippen MR) is 89.5 cm³/mol. The molecule has 1 fully saturated rings. The Bertz CT molecular complexity index is 604. The summed E-state index contributed by atoms with van der Waals surface area (Å²) in [6, 6.07) is 6.39. The number of piperazine rings is 1. The zero-order valence-electron chi connectivity index (χ0n) is 13.1. The lowest BCUT2D eigenvalue weighted by molar-refractivity contribution is 0.127. The van der Waals surface area contributed by atoms with Crippen LogP contribution in [0.3, 0.4) is 0 Å². The molecule has 126 valence electrons. The molecule has 1 atom stereocenters. The van der Waals surface area contributed by atoms with Gasteiger partial charge >= 0.3 is 0 Å². The molecular formula is C16H22ClFN4O. The highest BCUT2D eigenvalue weighted by Crippen LogP contribution is 2.20. The first-order chi connectivity index (χ1) is 10.7. The fraction of sp³-hybridized carbons (Fsp3) is 0.438. The smallest absolute Gasteiger partial charge is 0.127 e. The van der Waals surface area contributed by atoms with Crippen molar-refractivity contribution in [1.29, 1.82) is 0 Å². The van der Waals surface area contributed by atoms with Crippen LogP contribution in [0, 0.1) is 5.82 Å². The van der Waals surface area contributed by atoms with Crippen molar-refractivity contribution in [1.82, 2.24) is 19.8 Å². The number of aryl methyl sites for hydroxylation is 1. The third-order valence-electron chi connectivity index (χ3n) is 3.97. The minimum Gasteiger partial charge on any atom is -0.492 e. The van der Waals surface area contributed by atoms with E-state index >= 15 is 0 Å². The Morgan fingerprint density at radius 1 is 1.35 bits per heavy atom. The lowest BCUT2D eigenvalue weighted by atomic mass is 10.2. The minimum absolute atomic E-state index is 0. The number of ether oxygens (including phenoxy) is 1. The number of hydrogen-bond donors (Lipinski definition) is 1. The molecule has 1 N–H and O–H groups in total. The summed E-state index contributed by atoms with van der Waals surface area (Å²) < 4.78 is 20.6. The normalized spacial score (nSPS) is 18.4. The van der Waals surface area contributed by atoms with Crippen molar-refractivity contribution in [2.45, 2.75) is 6.04 Å². The van der Waals surface area contributed by atoms with Crippen LogP contribution < -0.4 is 10.1 Å². The zero-order valence-corrected chi connectivity index (χ0v) is 13.9. The van der Waals surface area contributed by atoms with Gasteiger partial charge in [0.2, 0.25) is 0 Å². The summed E-state index contributed by atoms with van der Waals surface area (Å²) in [5.74, 6) is 1.52. The number of hydrogen-bond acceptors (Lipinski definition) is 4. The van der Waals surface area contributed by atoms with Crippen LogP contribution in [0.1, 0.15) is 11.9 Å². The maximum Gasteiger partial charge on any atom is 0.127 e. The number of nitrogens with one attached hydrogen (secondary N) is 1. The Morgan fingerprint density at radius 3 is 2.83 bits per heavy atom. The third kappa shape index (κ3) is 4.43. The number of halogens is 2. The van der Waals surface area contributed by atoms with Crippen molar-refractivity contribution in [3.63, 3.8) is 0 Å². The first-order valence-electron chi connectivity index (χ1n) is 7.54. The van der Waals surface area contributed by atoms with E-state index in [1.165, 1.54) is 12.1 Å². The first kappa shape index (κ1) is 17.7. The summed E-state index contributed by atoms with van der Waals surface area (Å²) in [4.78, 5) is 6.84. The van der Waals surface area contributed by atoms with Gasteiger partial charge in [-0.3, -0.25) is 4.90 Å². The van der Waals surface area contributed by atoms with Gasteiger partial charge in [-0.2, -0.15) is 0 Å². The fourth-order valence-electron chi connectivity index (χ4n) is 2.78. The van der Waals surface area contributed by atoms with E-state index in [4.69, 9.17) is 4.74 Å². The fourth-order valence-corrected chi connectivity index (χ4v) is 2.78. The average Bonchev–Trinajstić information content (AvgIpc) is 2.96. The molecule has 2 heterocycles. The minimum atomic E-state index is -0.246. The van der Waals surface area contributed by atoms with Crippen molar-refractivity contribution in [2.75, 3.05) is 32.8 Å². The lowest BCUT2D eigenvalue weighted by Gasteiger charge is -2.35. The molecule has 1 unspecified atom stereocenters. The second-order valence-electron chi connectivity index (χ2n) is 5.45. The maximum absolute atomic E-state index is 12.9. The van der Waals surface area contributed by atoms with Crippen LogP contribution >= 0.6 is 12.4 Å². The summed E-state index contributed by atoms with van der Waals surface area (Å²) in [5.41, 5.74) is 0. The van der Waals surface area contributed by atoms with E-state index < -0.39 is 0 Å². The largest absolute Gasteiger partial charge is 0.492 e. The monoisotopic (exact) mass is 340 g/mol. The van der Waals surface area contributed by atoms with E-state index in [2.05, 4.69) is 19.8 Å². The van der Waals surface area contributed by atoms with Crippen molar-refractivity contribution >= 4 is 12.4 Å². The molecule has 3 rings (SSSR count). The van der Waals surface area contributed by atoms with E-state index in [-0.39, 0.29) is 24.3 Å². The maximum atomic E-state index is 12.9. The molecule has 7 heteroatoms. The topological polar surface area (TPSA) is 42.3 Å². The summed E-state index contributed by atoms with van der Waals surface area (Å²) in [6.45, 7) is 4.21. The summed E-state index contributed by atoms with van der Waals surface area (Å²) in [7, 11) is 2.02. The van der Waals surface area contributed by atoms with Crippen LogP contribution in [0.5, 0.6) is 5.75 Å². The summed E-state index contributed by atoms with van der Waals surface area (Å²) in [6.07, 6.45) is 3.80. The number of nitrogens with zero attached hydrogens (tertiary/aromatic N) is 3. The van der Waals surface area contributed by atoms with Crippen LogP contribution in [-0.2, 0) is 7.05 Å². The number of imidazole rings is 1. The zero-order chi connectivity index (χ0) is 15.4. The van der Waals surface area contributed by atoms with Gasteiger partial charge in [0, 0.05) is 45.6 Å². The van der Waals surface area contributed by atoms with Crippen LogP contribution in [0.15, 0.2) is 36.7 Å². The molecule has 2 aromatic rings. The van der Waals surface area contributed by atoms with Gasteiger partial charge in [-0.05, 0) is 24.3 Å². The van der Waals surface area contributed by atoms with Crippen LogP contribution in [0.4, 0.5) is 4.39 Å². The van der Waals surface area contributed by atoms with Gasteiger partial charge in [0.1, 0.15) is 24.0 Å². The molecule has 0 amide bonds. The molecule has 1 aliphatic heterocycles. The molecule has 1 aliphatic rings. The van der Waals surface area contributed by atoms with Crippen LogP contribution in [-0.4, -0.2) is 47.2 Å². The third-order valence-corrected chi connectivity index (χ3v) is 3.97. The number of rotatable bonds is 5. The van der Waals surface area contributed by atoms with Gasteiger partial charge < -0.3 is 14.6 Å². The molecule has 0 spiro atoms. The first-order valence-corrected chi connectivity index (χ1v) is 7.54. The molecule has 0 radical (unpaired) electrons. The Balaban J connectivity index is 0.00000192. The van der Waals surface area contributed by atoms with Gasteiger partial charge in [-0.25, -0.2) is 9.37 Å². The number of benzene rings is 1. The summed E-state index contributed by atoms with van der Waals surface area (Å²) in [5, 5.41) is 3.42. The van der Waals surface area contributed by atoms with E-state index in [1.807, 2.05) is 19.4 Å². The van der Waals surface area contributed by atoms with E-state index in [0.29, 0.717) is 12.4 Å². The molecule has 23 heavy (non-hydrogen) atoms. The molecule has 1 aromatic heterocycles. The highest BCUT2D eigenvalue weighted by atomic mass is 35.5. The van der Waals surface area contributed by atoms with E-state index in [0.717, 1.165) is 32.0 Å². The molecule has 5 nitrogen and oxygen atoms in total. The highest BCUT2D eigenvalue weighted by molar-refractivity contribution is 5.85. The number of aromatic nitrogens is 2. The molecule has 1 saturated heterocycles. The Morgan fingerprint density at radius 2 is 2.13 bits per heavy atom. The Labute approximate surface area is 141 Å². The second-order valence-corrected chi connectivity index (χ2v) is 5.45. The average molecular weight is 341 g/mol. The molecular weight excluding hydrogens is 319 g/mol.